The summed E-state index contributed by atoms with van der Waals surface area (Å²) in [5.41, 5.74) is 4.42. The van der Waals surface area contributed by atoms with E-state index in [4.69, 9.17) is 9.72 Å². The molecule has 0 spiro atoms. The van der Waals surface area contributed by atoms with Crippen LogP contribution in [0.15, 0.2) is 65.5 Å². The van der Waals surface area contributed by atoms with Crippen molar-refractivity contribution in [3.8, 4) is 5.75 Å². The van der Waals surface area contributed by atoms with Crippen LogP contribution < -0.4 is 10.1 Å². The summed E-state index contributed by atoms with van der Waals surface area (Å²) in [5, 5.41) is 8.03. The molecule has 0 aliphatic carbocycles. The Morgan fingerprint density at radius 3 is 2.64 bits per heavy atom. The number of rotatable bonds is 7. The number of hydrogen-bond acceptors (Lipinski definition) is 6. The van der Waals surface area contributed by atoms with E-state index in [0.717, 1.165) is 65.4 Å². The van der Waals surface area contributed by atoms with E-state index in [9.17, 15) is 0 Å². The lowest BCUT2D eigenvalue weighted by atomic mass is 9.93. The van der Waals surface area contributed by atoms with Gasteiger partial charge in [-0.05, 0) is 71.2 Å². The zero-order valence-corrected chi connectivity index (χ0v) is 20.2. The third-order valence-corrected chi connectivity index (χ3v) is 6.78. The Hall–Kier alpha value is -2.97. The lowest BCUT2D eigenvalue weighted by molar-refractivity contribution is 0.203. The highest BCUT2D eigenvalue weighted by atomic mass is 79.9. The second kappa shape index (κ2) is 9.89. The van der Waals surface area contributed by atoms with E-state index in [-0.39, 0.29) is 0 Å². The SMILES string of the molecule is COc1ccc(CN2CCC(c3cc(NCc4cccnc4)n4ncc(Br)c4n3)CC2)cc1. The Morgan fingerprint density at radius 1 is 1.09 bits per heavy atom. The first kappa shape index (κ1) is 21.9. The third-order valence-electron chi connectivity index (χ3n) is 6.22. The molecule has 8 heteroatoms. The molecule has 4 heterocycles. The Bertz CT molecular complexity index is 1200. The highest BCUT2D eigenvalue weighted by Gasteiger charge is 2.23. The van der Waals surface area contributed by atoms with Crippen molar-refractivity contribution in [2.75, 3.05) is 25.5 Å². The lowest BCUT2D eigenvalue weighted by Crippen LogP contribution is -2.32. The fourth-order valence-corrected chi connectivity index (χ4v) is 4.71. The molecule has 0 amide bonds. The molecule has 7 nitrogen and oxygen atoms in total. The van der Waals surface area contributed by atoms with Gasteiger partial charge < -0.3 is 10.1 Å². The first-order valence-corrected chi connectivity index (χ1v) is 12.0. The topological polar surface area (TPSA) is 67.6 Å². The number of methoxy groups -OCH3 is 1. The van der Waals surface area contributed by atoms with E-state index in [1.54, 1.807) is 19.5 Å². The molecule has 3 aromatic heterocycles. The molecule has 33 heavy (non-hydrogen) atoms. The molecule has 1 aromatic carbocycles. The van der Waals surface area contributed by atoms with Gasteiger partial charge >= 0.3 is 0 Å². The molecule has 170 valence electrons. The number of hydrogen-bond donors (Lipinski definition) is 1. The predicted octanol–water partition coefficient (Wildman–Crippen LogP) is 4.89. The molecule has 1 aliphatic rings. The summed E-state index contributed by atoms with van der Waals surface area (Å²) in [7, 11) is 1.70. The Labute approximate surface area is 201 Å². The number of pyridine rings is 1. The number of nitrogens with zero attached hydrogens (tertiary/aromatic N) is 5. The van der Waals surface area contributed by atoms with Crippen LogP contribution in [0.2, 0.25) is 0 Å². The zero-order chi connectivity index (χ0) is 22.6. The number of benzene rings is 1. The number of anilines is 1. The van der Waals surface area contributed by atoms with Crippen molar-refractivity contribution in [3.05, 3.63) is 82.3 Å². The summed E-state index contributed by atoms with van der Waals surface area (Å²) in [4.78, 5) is 11.7. The second-order valence-corrected chi connectivity index (χ2v) is 9.26. The highest BCUT2D eigenvalue weighted by molar-refractivity contribution is 9.10. The summed E-state index contributed by atoms with van der Waals surface area (Å²) in [6.45, 7) is 3.77. The van der Waals surface area contributed by atoms with Gasteiger partial charge in [0.2, 0.25) is 0 Å². The largest absolute Gasteiger partial charge is 0.497 e. The van der Waals surface area contributed by atoms with E-state index in [1.165, 1.54) is 5.56 Å². The van der Waals surface area contributed by atoms with Gasteiger partial charge in [-0.25, -0.2) is 4.98 Å². The van der Waals surface area contributed by atoms with Gasteiger partial charge in [-0.2, -0.15) is 9.61 Å². The lowest BCUT2D eigenvalue weighted by Gasteiger charge is -2.32. The smallest absolute Gasteiger partial charge is 0.171 e. The minimum absolute atomic E-state index is 0.433. The van der Waals surface area contributed by atoms with Crippen molar-refractivity contribution in [3.63, 3.8) is 0 Å². The molecule has 1 saturated heterocycles. The number of nitrogens with one attached hydrogen (secondary N) is 1. The number of piperidine rings is 1. The van der Waals surface area contributed by atoms with Crippen LogP contribution in [0.25, 0.3) is 5.65 Å². The summed E-state index contributed by atoms with van der Waals surface area (Å²) >= 11 is 3.61. The van der Waals surface area contributed by atoms with Gasteiger partial charge in [0.25, 0.3) is 0 Å². The Balaban J connectivity index is 1.28. The van der Waals surface area contributed by atoms with Gasteiger partial charge in [-0.3, -0.25) is 9.88 Å². The molecule has 0 atom stereocenters. The van der Waals surface area contributed by atoms with E-state index >= 15 is 0 Å². The van der Waals surface area contributed by atoms with Crippen molar-refractivity contribution < 1.29 is 4.74 Å². The van der Waals surface area contributed by atoms with Gasteiger partial charge in [-0.1, -0.05) is 18.2 Å². The zero-order valence-electron chi connectivity index (χ0n) is 18.6. The van der Waals surface area contributed by atoms with Gasteiger partial charge in [0.1, 0.15) is 11.6 Å². The molecule has 5 rings (SSSR count). The maximum absolute atomic E-state index is 5.27. The van der Waals surface area contributed by atoms with Gasteiger partial charge in [0, 0.05) is 43.2 Å². The highest BCUT2D eigenvalue weighted by Crippen LogP contribution is 2.31. The molecular weight excluding hydrogens is 480 g/mol. The van der Waals surface area contributed by atoms with Crippen LogP contribution in [0.1, 0.15) is 35.6 Å². The molecule has 0 radical (unpaired) electrons. The maximum Gasteiger partial charge on any atom is 0.171 e. The number of likely N-dealkylation sites (tertiary alicyclic amines) is 1. The molecule has 1 N–H and O–H groups in total. The van der Waals surface area contributed by atoms with Gasteiger partial charge in [0.05, 0.1) is 17.8 Å². The average molecular weight is 507 g/mol. The summed E-state index contributed by atoms with van der Waals surface area (Å²) in [6.07, 6.45) is 7.65. The van der Waals surface area contributed by atoms with Crippen molar-refractivity contribution in [1.82, 2.24) is 24.5 Å². The fourth-order valence-electron chi connectivity index (χ4n) is 4.36. The second-order valence-electron chi connectivity index (χ2n) is 8.41. The minimum Gasteiger partial charge on any atom is -0.497 e. The van der Waals surface area contributed by atoms with Crippen LogP contribution in [0.4, 0.5) is 5.82 Å². The quantitative estimate of drug-likeness (QED) is 0.385. The van der Waals surface area contributed by atoms with Crippen molar-refractivity contribution in [2.45, 2.75) is 31.8 Å². The Kier molecular flexibility index (Phi) is 6.55. The standard InChI is InChI=1S/C25H27BrN6O/c1-33-21-6-4-18(5-7-21)17-31-11-8-20(9-12-31)23-13-24(28-15-19-3-2-10-27-14-19)32-25(30-23)22(26)16-29-32/h2-7,10,13-14,16,20,28H,8-9,11-12,15,17H2,1H3. The monoisotopic (exact) mass is 506 g/mol. The van der Waals surface area contributed by atoms with E-state index in [1.807, 2.05) is 28.9 Å². The molecule has 0 saturated carbocycles. The molecule has 1 aliphatic heterocycles. The average Bonchev–Trinajstić information content (AvgIpc) is 3.25. The van der Waals surface area contributed by atoms with Crippen LogP contribution in [0.3, 0.4) is 0 Å². The molecule has 1 fully saturated rings. The van der Waals surface area contributed by atoms with Gasteiger partial charge in [-0.15, -0.1) is 0 Å². The van der Waals surface area contributed by atoms with E-state index in [2.05, 4.69) is 60.5 Å². The van der Waals surface area contributed by atoms with E-state index < -0.39 is 0 Å². The van der Waals surface area contributed by atoms with Crippen molar-refractivity contribution in [1.29, 1.82) is 0 Å². The number of aromatic nitrogens is 4. The van der Waals surface area contributed by atoms with Crippen LogP contribution in [0.5, 0.6) is 5.75 Å². The molecule has 0 unspecified atom stereocenters. The Morgan fingerprint density at radius 2 is 1.91 bits per heavy atom. The first-order valence-electron chi connectivity index (χ1n) is 11.2. The molecule has 0 bridgehead atoms. The van der Waals surface area contributed by atoms with Gasteiger partial charge in [0.15, 0.2) is 5.65 Å². The first-order chi connectivity index (χ1) is 16.2. The predicted molar refractivity (Wildman–Crippen MR) is 132 cm³/mol. The summed E-state index contributed by atoms with van der Waals surface area (Å²) in [6, 6.07) is 14.5. The van der Waals surface area contributed by atoms with Crippen LogP contribution in [-0.2, 0) is 13.1 Å². The van der Waals surface area contributed by atoms with E-state index in [0.29, 0.717) is 12.5 Å². The fraction of sp³-hybridized carbons (Fsp3) is 0.320. The van der Waals surface area contributed by atoms with Crippen LogP contribution >= 0.6 is 15.9 Å². The van der Waals surface area contributed by atoms with Crippen molar-refractivity contribution in [2.24, 2.45) is 0 Å². The number of fused-ring (bicyclic) bond motifs is 1. The van der Waals surface area contributed by atoms with Crippen LogP contribution in [-0.4, -0.2) is 44.7 Å². The number of ether oxygens (including phenoxy) is 1. The number of halogens is 1. The maximum atomic E-state index is 5.27. The summed E-state index contributed by atoms with van der Waals surface area (Å²) in [5.74, 6) is 2.28. The molecular formula is C25H27BrN6O. The minimum atomic E-state index is 0.433. The van der Waals surface area contributed by atoms with Crippen molar-refractivity contribution >= 4 is 27.4 Å². The molecule has 4 aromatic rings. The third kappa shape index (κ3) is 5.02. The summed E-state index contributed by atoms with van der Waals surface area (Å²) < 4.78 is 8.04. The van der Waals surface area contributed by atoms with Crippen LogP contribution in [0, 0.1) is 0 Å². The normalized spacial score (nSPS) is 15.1.